The second-order valence-corrected chi connectivity index (χ2v) is 7.06. The molecule has 0 saturated heterocycles. The van der Waals surface area contributed by atoms with Gasteiger partial charge in [0.2, 0.25) is 0 Å². The van der Waals surface area contributed by atoms with Gasteiger partial charge >= 0.3 is 5.97 Å². The van der Waals surface area contributed by atoms with E-state index in [2.05, 4.69) is 21.2 Å². The van der Waals surface area contributed by atoms with E-state index in [1.165, 1.54) is 20.1 Å². The number of ether oxygens (including phenoxy) is 3. The molecule has 0 heterocycles. The summed E-state index contributed by atoms with van der Waals surface area (Å²) in [5.74, 6) is -0.0542. The summed E-state index contributed by atoms with van der Waals surface area (Å²) in [5.41, 5.74) is -0.138. The van der Waals surface area contributed by atoms with Gasteiger partial charge in [0.15, 0.2) is 17.6 Å². The average molecular weight is 402 g/mol. The molecule has 0 bridgehead atoms. The lowest BCUT2D eigenvalue weighted by Crippen LogP contribution is -2.46. The Balaban J connectivity index is 2.92. The summed E-state index contributed by atoms with van der Waals surface area (Å²) in [6.07, 6.45) is -0.909. The third kappa shape index (κ3) is 5.70. The number of carbonyl (C=O) groups excluding carboxylic acids is 2. The lowest BCUT2D eigenvalue weighted by molar-refractivity contribution is -0.130. The average Bonchev–Trinajstić information content (AvgIpc) is 2.47. The van der Waals surface area contributed by atoms with Crippen LogP contribution in [0.3, 0.4) is 0 Å². The summed E-state index contributed by atoms with van der Waals surface area (Å²) in [6.45, 7) is 9.40. The highest BCUT2D eigenvalue weighted by Gasteiger charge is 2.24. The van der Waals surface area contributed by atoms with Gasteiger partial charge in [0.25, 0.3) is 5.91 Å². The van der Waals surface area contributed by atoms with Crippen LogP contribution < -0.4 is 14.8 Å². The van der Waals surface area contributed by atoms with Crippen LogP contribution in [0, 0.1) is 0 Å². The van der Waals surface area contributed by atoms with E-state index in [0.29, 0.717) is 22.6 Å². The van der Waals surface area contributed by atoms with Crippen molar-refractivity contribution in [2.75, 3.05) is 13.7 Å². The highest BCUT2D eigenvalue weighted by atomic mass is 79.9. The molecule has 24 heavy (non-hydrogen) atoms. The van der Waals surface area contributed by atoms with Gasteiger partial charge in [0.05, 0.1) is 23.8 Å². The maximum absolute atomic E-state index is 12.3. The second kappa shape index (κ2) is 8.37. The Hall–Kier alpha value is -1.76. The first-order valence-corrected chi connectivity index (χ1v) is 8.41. The van der Waals surface area contributed by atoms with Crippen LogP contribution in [0.5, 0.6) is 11.5 Å². The molecule has 1 N–H and O–H groups in total. The second-order valence-electron chi connectivity index (χ2n) is 6.21. The monoisotopic (exact) mass is 401 g/mol. The Morgan fingerprint density at radius 3 is 2.42 bits per heavy atom. The molecule has 0 unspecified atom stereocenters. The van der Waals surface area contributed by atoms with Gasteiger partial charge < -0.3 is 19.5 Å². The number of amides is 1. The summed E-state index contributed by atoms with van der Waals surface area (Å²) in [6, 6.07) is 3.09. The summed E-state index contributed by atoms with van der Waals surface area (Å²) in [5, 5.41) is 2.77. The highest BCUT2D eigenvalue weighted by Crippen LogP contribution is 2.36. The normalized spacial score (nSPS) is 12.3. The van der Waals surface area contributed by atoms with Crippen molar-refractivity contribution in [1.29, 1.82) is 0 Å². The number of rotatable bonds is 6. The standard InChI is InChI=1S/C17H24BrNO5/c1-7-23-14-12(18)8-11(9-13(14)22-6)16(21)24-10(2)15(20)19-17(3,4)5/h8-10H,7H2,1-6H3,(H,19,20)/t10-/m1/s1. The molecule has 1 amide bonds. The predicted octanol–water partition coefficient (Wildman–Crippen LogP) is 3.32. The molecule has 0 saturated carbocycles. The smallest absolute Gasteiger partial charge is 0.339 e. The molecular formula is C17H24BrNO5. The third-order valence-corrected chi connectivity index (χ3v) is 3.49. The Morgan fingerprint density at radius 1 is 1.29 bits per heavy atom. The van der Waals surface area contributed by atoms with Gasteiger partial charge in [-0.2, -0.15) is 0 Å². The molecule has 1 aromatic rings. The lowest BCUT2D eigenvalue weighted by Gasteiger charge is -2.23. The van der Waals surface area contributed by atoms with Crippen molar-refractivity contribution in [1.82, 2.24) is 5.32 Å². The first-order valence-electron chi connectivity index (χ1n) is 7.62. The Bertz CT molecular complexity index is 610. The van der Waals surface area contributed by atoms with Gasteiger partial charge in [-0.3, -0.25) is 4.79 Å². The zero-order valence-corrected chi connectivity index (χ0v) is 16.4. The Labute approximate surface area is 151 Å². The van der Waals surface area contributed by atoms with E-state index in [1.807, 2.05) is 27.7 Å². The fourth-order valence-corrected chi connectivity index (χ4v) is 2.43. The van der Waals surface area contributed by atoms with Gasteiger partial charge in [0.1, 0.15) is 0 Å². The van der Waals surface area contributed by atoms with Gasteiger partial charge in [-0.05, 0) is 62.7 Å². The van der Waals surface area contributed by atoms with E-state index in [0.717, 1.165) is 0 Å². The summed E-state index contributed by atoms with van der Waals surface area (Å²) >= 11 is 3.35. The topological polar surface area (TPSA) is 73.9 Å². The third-order valence-electron chi connectivity index (χ3n) is 2.91. The highest BCUT2D eigenvalue weighted by molar-refractivity contribution is 9.10. The van der Waals surface area contributed by atoms with Crippen molar-refractivity contribution in [2.24, 2.45) is 0 Å². The van der Waals surface area contributed by atoms with E-state index in [4.69, 9.17) is 14.2 Å². The number of methoxy groups -OCH3 is 1. The van der Waals surface area contributed by atoms with Gasteiger partial charge in [-0.15, -0.1) is 0 Å². The van der Waals surface area contributed by atoms with Gasteiger partial charge in [-0.25, -0.2) is 4.79 Å². The quantitative estimate of drug-likeness (QED) is 0.739. The van der Waals surface area contributed by atoms with Crippen molar-refractivity contribution < 1.29 is 23.8 Å². The molecule has 0 aliphatic heterocycles. The molecule has 1 aromatic carbocycles. The maximum Gasteiger partial charge on any atom is 0.339 e. The Kier molecular flexibility index (Phi) is 7.08. The fourth-order valence-electron chi connectivity index (χ4n) is 1.88. The predicted molar refractivity (Wildman–Crippen MR) is 94.6 cm³/mol. The Morgan fingerprint density at radius 2 is 1.92 bits per heavy atom. The van der Waals surface area contributed by atoms with Crippen LogP contribution >= 0.6 is 15.9 Å². The first kappa shape index (κ1) is 20.3. The number of carbonyl (C=O) groups is 2. The number of hydrogen-bond acceptors (Lipinski definition) is 5. The van der Waals surface area contributed by atoms with Gasteiger partial charge in [-0.1, -0.05) is 0 Å². The van der Waals surface area contributed by atoms with Crippen LogP contribution in [0.25, 0.3) is 0 Å². The minimum atomic E-state index is -0.909. The molecule has 7 heteroatoms. The van der Waals surface area contributed by atoms with Crippen LogP contribution in [0.1, 0.15) is 45.0 Å². The minimum Gasteiger partial charge on any atom is -0.493 e. The molecule has 1 rings (SSSR count). The lowest BCUT2D eigenvalue weighted by atomic mass is 10.1. The van der Waals surface area contributed by atoms with Gasteiger partial charge in [0, 0.05) is 5.54 Å². The zero-order chi connectivity index (χ0) is 18.5. The van der Waals surface area contributed by atoms with Crippen molar-refractivity contribution >= 4 is 27.8 Å². The first-order chi connectivity index (χ1) is 11.1. The number of esters is 1. The summed E-state index contributed by atoms with van der Waals surface area (Å²) in [4.78, 5) is 24.3. The van der Waals surface area contributed by atoms with Crippen LogP contribution in [-0.4, -0.2) is 37.2 Å². The molecule has 0 aliphatic rings. The number of hydrogen-bond donors (Lipinski definition) is 1. The number of benzene rings is 1. The molecular weight excluding hydrogens is 378 g/mol. The van der Waals surface area contributed by atoms with Crippen molar-refractivity contribution in [3.8, 4) is 11.5 Å². The molecule has 0 spiro atoms. The molecule has 134 valence electrons. The van der Waals surface area contributed by atoms with E-state index in [1.54, 1.807) is 6.07 Å². The van der Waals surface area contributed by atoms with E-state index in [9.17, 15) is 9.59 Å². The van der Waals surface area contributed by atoms with E-state index in [-0.39, 0.29) is 11.5 Å². The van der Waals surface area contributed by atoms with E-state index < -0.39 is 17.6 Å². The van der Waals surface area contributed by atoms with Crippen LogP contribution in [0.2, 0.25) is 0 Å². The van der Waals surface area contributed by atoms with Crippen molar-refractivity contribution in [3.05, 3.63) is 22.2 Å². The van der Waals surface area contributed by atoms with Crippen LogP contribution in [0.15, 0.2) is 16.6 Å². The van der Waals surface area contributed by atoms with Crippen LogP contribution in [-0.2, 0) is 9.53 Å². The van der Waals surface area contributed by atoms with Crippen molar-refractivity contribution in [3.63, 3.8) is 0 Å². The van der Waals surface area contributed by atoms with Crippen molar-refractivity contribution in [2.45, 2.75) is 46.3 Å². The zero-order valence-electron chi connectivity index (χ0n) is 14.9. The molecule has 0 fully saturated rings. The maximum atomic E-state index is 12.3. The molecule has 0 aromatic heterocycles. The SMILES string of the molecule is CCOc1c(Br)cc(C(=O)O[C@H](C)C(=O)NC(C)(C)C)cc1OC. The van der Waals surface area contributed by atoms with Crippen LogP contribution in [0.4, 0.5) is 0 Å². The fraction of sp³-hybridized carbons (Fsp3) is 0.529. The summed E-state index contributed by atoms with van der Waals surface area (Å²) in [7, 11) is 1.48. The minimum absolute atomic E-state index is 0.262. The number of nitrogens with one attached hydrogen (secondary N) is 1. The molecule has 6 nitrogen and oxygen atoms in total. The molecule has 0 radical (unpaired) electrons. The molecule has 1 atom stereocenters. The summed E-state index contributed by atoms with van der Waals surface area (Å²) < 4.78 is 16.5. The number of halogens is 1. The van der Waals surface area contributed by atoms with E-state index >= 15 is 0 Å². The molecule has 0 aliphatic carbocycles. The largest absolute Gasteiger partial charge is 0.493 e.